The molecule has 2 rings (SSSR count). The van der Waals surface area contributed by atoms with E-state index in [0.717, 1.165) is 6.92 Å². The minimum absolute atomic E-state index is 0.0794. The summed E-state index contributed by atoms with van der Waals surface area (Å²) in [5, 5.41) is 3.93. The molecular formula is C11H15F2N3O. The number of aryl methyl sites for hydroxylation is 1. The standard InChI is InChI=1S/C11H15F2N3O/c1-3-4-7(17)10-14-9-6-5-8(11(2,12)13)16(9)15-10/h8H,3-6H2,1-2H3. The summed E-state index contributed by atoms with van der Waals surface area (Å²) >= 11 is 0. The first-order valence-electron chi connectivity index (χ1n) is 5.80. The fourth-order valence-corrected chi connectivity index (χ4v) is 2.09. The molecule has 0 aliphatic carbocycles. The predicted molar refractivity (Wildman–Crippen MR) is 57.2 cm³/mol. The summed E-state index contributed by atoms with van der Waals surface area (Å²) in [4.78, 5) is 15.6. The van der Waals surface area contributed by atoms with E-state index in [0.29, 0.717) is 31.5 Å². The number of rotatable bonds is 4. The summed E-state index contributed by atoms with van der Waals surface area (Å²) < 4.78 is 27.8. The lowest BCUT2D eigenvalue weighted by Crippen LogP contribution is -2.26. The number of hydrogen-bond donors (Lipinski definition) is 0. The van der Waals surface area contributed by atoms with Crippen molar-refractivity contribution in [3.8, 4) is 0 Å². The second kappa shape index (κ2) is 4.16. The van der Waals surface area contributed by atoms with Crippen molar-refractivity contribution in [2.45, 2.75) is 51.5 Å². The number of carbonyl (C=O) groups excluding carboxylic acids is 1. The molecule has 2 heterocycles. The number of alkyl halides is 2. The molecule has 0 saturated heterocycles. The van der Waals surface area contributed by atoms with Gasteiger partial charge in [-0.2, -0.15) is 0 Å². The van der Waals surface area contributed by atoms with Gasteiger partial charge < -0.3 is 0 Å². The molecule has 17 heavy (non-hydrogen) atoms. The molecule has 1 unspecified atom stereocenters. The molecule has 1 aromatic heterocycles. The average Bonchev–Trinajstić information content (AvgIpc) is 2.73. The maximum atomic E-state index is 13.3. The molecule has 0 fully saturated rings. The lowest BCUT2D eigenvalue weighted by atomic mass is 10.1. The zero-order valence-electron chi connectivity index (χ0n) is 9.91. The van der Waals surface area contributed by atoms with E-state index in [4.69, 9.17) is 0 Å². The first-order valence-corrected chi connectivity index (χ1v) is 5.80. The van der Waals surface area contributed by atoms with E-state index >= 15 is 0 Å². The van der Waals surface area contributed by atoms with Crippen molar-refractivity contribution in [1.29, 1.82) is 0 Å². The van der Waals surface area contributed by atoms with Crippen molar-refractivity contribution in [1.82, 2.24) is 14.8 Å². The van der Waals surface area contributed by atoms with Crippen LogP contribution in [0.4, 0.5) is 8.78 Å². The molecule has 1 aliphatic rings. The summed E-state index contributed by atoms with van der Waals surface area (Å²) in [7, 11) is 0. The second-order valence-corrected chi connectivity index (χ2v) is 4.48. The van der Waals surface area contributed by atoms with Crippen LogP contribution in [-0.2, 0) is 6.42 Å². The van der Waals surface area contributed by atoms with Gasteiger partial charge >= 0.3 is 0 Å². The van der Waals surface area contributed by atoms with Gasteiger partial charge in [0.15, 0.2) is 0 Å². The van der Waals surface area contributed by atoms with E-state index in [1.165, 1.54) is 4.68 Å². The highest BCUT2D eigenvalue weighted by Crippen LogP contribution is 2.36. The zero-order valence-corrected chi connectivity index (χ0v) is 9.91. The summed E-state index contributed by atoms with van der Waals surface area (Å²) in [5.41, 5.74) is 0. The van der Waals surface area contributed by atoms with E-state index < -0.39 is 12.0 Å². The van der Waals surface area contributed by atoms with Crippen LogP contribution in [0.3, 0.4) is 0 Å². The summed E-state index contributed by atoms with van der Waals surface area (Å²) in [6.45, 7) is 2.76. The molecule has 0 aromatic carbocycles. The fraction of sp³-hybridized carbons (Fsp3) is 0.727. The molecule has 1 aliphatic heterocycles. The van der Waals surface area contributed by atoms with Gasteiger partial charge in [0.1, 0.15) is 11.9 Å². The van der Waals surface area contributed by atoms with Crippen molar-refractivity contribution in [2.24, 2.45) is 0 Å². The van der Waals surface area contributed by atoms with Crippen molar-refractivity contribution in [2.75, 3.05) is 0 Å². The third-order valence-electron chi connectivity index (χ3n) is 2.95. The number of carbonyl (C=O) groups is 1. The molecule has 0 spiro atoms. The lowest BCUT2D eigenvalue weighted by molar-refractivity contribution is -0.0339. The number of ketones is 1. The Balaban J connectivity index is 2.26. The summed E-state index contributed by atoms with van der Waals surface area (Å²) in [6, 6.07) is -0.965. The van der Waals surface area contributed by atoms with Crippen LogP contribution in [-0.4, -0.2) is 26.5 Å². The first-order chi connectivity index (χ1) is 7.93. The highest BCUT2D eigenvalue weighted by molar-refractivity contribution is 5.92. The van der Waals surface area contributed by atoms with Crippen LogP contribution >= 0.6 is 0 Å². The SMILES string of the molecule is CCCC(=O)c1nc2n(n1)C(C(C)(F)F)CC2. The molecule has 0 bridgehead atoms. The molecular weight excluding hydrogens is 228 g/mol. The number of nitrogens with zero attached hydrogens (tertiary/aromatic N) is 3. The second-order valence-electron chi connectivity index (χ2n) is 4.48. The van der Waals surface area contributed by atoms with E-state index in [9.17, 15) is 13.6 Å². The van der Waals surface area contributed by atoms with Gasteiger partial charge in [-0.15, -0.1) is 5.10 Å². The van der Waals surface area contributed by atoms with E-state index in [1.54, 1.807) is 0 Å². The van der Waals surface area contributed by atoms with E-state index in [2.05, 4.69) is 10.1 Å². The quantitative estimate of drug-likeness (QED) is 0.763. The van der Waals surface area contributed by atoms with Crippen LogP contribution in [0.1, 0.15) is 55.6 Å². The van der Waals surface area contributed by atoms with Crippen molar-refractivity contribution in [3.05, 3.63) is 11.6 Å². The topological polar surface area (TPSA) is 47.8 Å². The molecule has 1 aromatic rings. The van der Waals surface area contributed by atoms with E-state index in [1.807, 2.05) is 6.92 Å². The molecule has 0 N–H and O–H groups in total. The molecule has 1 atom stereocenters. The van der Waals surface area contributed by atoms with E-state index in [-0.39, 0.29) is 11.6 Å². The Kier molecular flexibility index (Phi) is 2.97. The predicted octanol–water partition coefficient (Wildman–Crippen LogP) is 2.40. The minimum Gasteiger partial charge on any atom is -0.291 e. The summed E-state index contributed by atoms with van der Waals surface area (Å²) in [5.74, 6) is -2.43. The van der Waals surface area contributed by atoms with Crippen LogP contribution in [0, 0.1) is 0 Å². The van der Waals surface area contributed by atoms with Gasteiger partial charge in [-0.3, -0.25) is 4.79 Å². The minimum atomic E-state index is -2.83. The Morgan fingerprint density at radius 1 is 1.59 bits per heavy atom. The largest absolute Gasteiger partial charge is 0.291 e. The van der Waals surface area contributed by atoms with Crippen molar-refractivity contribution in [3.63, 3.8) is 0 Å². The molecule has 94 valence electrons. The van der Waals surface area contributed by atoms with Crippen LogP contribution in [0.15, 0.2) is 0 Å². The number of aromatic nitrogens is 3. The highest BCUT2D eigenvalue weighted by atomic mass is 19.3. The van der Waals surface area contributed by atoms with Crippen LogP contribution < -0.4 is 0 Å². The van der Waals surface area contributed by atoms with Crippen molar-refractivity contribution >= 4 is 5.78 Å². The highest BCUT2D eigenvalue weighted by Gasteiger charge is 2.41. The van der Waals surface area contributed by atoms with Gasteiger partial charge in [0.25, 0.3) is 5.92 Å². The smallest absolute Gasteiger partial charge is 0.267 e. The van der Waals surface area contributed by atoms with Crippen LogP contribution in [0.25, 0.3) is 0 Å². The van der Waals surface area contributed by atoms with Gasteiger partial charge in [-0.1, -0.05) is 6.92 Å². The Hall–Kier alpha value is -1.33. The first kappa shape index (κ1) is 12.1. The molecule has 4 nitrogen and oxygen atoms in total. The number of Topliss-reactive ketones (excluding diaryl/α,β-unsaturated/α-hetero) is 1. The third kappa shape index (κ3) is 2.21. The van der Waals surface area contributed by atoms with Gasteiger partial charge in [0.05, 0.1) is 0 Å². The van der Waals surface area contributed by atoms with Gasteiger partial charge in [0.2, 0.25) is 11.6 Å². The molecule has 6 heteroatoms. The summed E-state index contributed by atoms with van der Waals surface area (Å²) in [6.07, 6.45) is 1.86. The maximum absolute atomic E-state index is 13.3. The lowest BCUT2D eigenvalue weighted by Gasteiger charge is -2.18. The Morgan fingerprint density at radius 2 is 2.29 bits per heavy atom. The Labute approximate surface area is 98.0 Å². The van der Waals surface area contributed by atoms with Gasteiger partial charge in [-0.05, 0) is 12.8 Å². The third-order valence-corrected chi connectivity index (χ3v) is 2.95. The van der Waals surface area contributed by atoms with Gasteiger partial charge in [0, 0.05) is 19.8 Å². The number of hydrogen-bond acceptors (Lipinski definition) is 3. The van der Waals surface area contributed by atoms with Crippen LogP contribution in [0.5, 0.6) is 0 Å². The van der Waals surface area contributed by atoms with Crippen LogP contribution in [0.2, 0.25) is 0 Å². The average molecular weight is 243 g/mol. The Morgan fingerprint density at radius 3 is 2.88 bits per heavy atom. The fourth-order valence-electron chi connectivity index (χ4n) is 2.09. The van der Waals surface area contributed by atoms with Crippen molar-refractivity contribution < 1.29 is 13.6 Å². The number of fused-ring (bicyclic) bond motifs is 1. The van der Waals surface area contributed by atoms with Gasteiger partial charge in [-0.25, -0.2) is 18.4 Å². The normalized spacial score (nSPS) is 19.4. The molecule has 0 amide bonds. The zero-order chi connectivity index (χ0) is 12.6. The molecule has 0 radical (unpaired) electrons. The number of halogens is 2. The monoisotopic (exact) mass is 243 g/mol. The maximum Gasteiger partial charge on any atom is 0.267 e. The molecule has 0 saturated carbocycles. The Bertz CT molecular complexity index is 436.